The summed E-state index contributed by atoms with van der Waals surface area (Å²) in [5.74, 6) is -2.77. The second-order valence-electron chi connectivity index (χ2n) is 2.78. The maximum absolute atomic E-state index is 13.2. The summed E-state index contributed by atoms with van der Waals surface area (Å²) in [6, 6.07) is 0.883. The fourth-order valence-corrected chi connectivity index (χ4v) is 1.41. The molecule has 0 fully saturated rings. The molecule has 0 heterocycles. The molecule has 0 aliphatic rings. The lowest BCUT2D eigenvalue weighted by atomic mass is 10.1. The zero-order valence-electron chi connectivity index (χ0n) is 7.75. The summed E-state index contributed by atoms with van der Waals surface area (Å²) in [7, 11) is 1.20. The van der Waals surface area contributed by atoms with E-state index in [1.807, 2.05) is 0 Å². The molecule has 0 saturated heterocycles. The summed E-state index contributed by atoms with van der Waals surface area (Å²) < 4.78 is 17.8. The quantitative estimate of drug-likeness (QED) is 0.837. The van der Waals surface area contributed by atoms with Crippen LogP contribution in [0, 0.1) is 5.82 Å². The average Bonchev–Trinajstić information content (AvgIpc) is 2.14. The summed E-state index contributed by atoms with van der Waals surface area (Å²) in [4.78, 5) is 10.4. The van der Waals surface area contributed by atoms with Crippen LogP contribution >= 0.6 is 11.6 Å². The minimum atomic E-state index is -1.19. The van der Waals surface area contributed by atoms with Crippen LogP contribution in [0.2, 0.25) is 5.02 Å². The lowest BCUT2D eigenvalue weighted by molar-refractivity contribution is -0.136. The summed E-state index contributed by atoms with van der Waals surface area (Å²) in [5, 5.41) is 17.6. The molecule has 1 aromatic carbocycles. The van der Waals surface area contributed by atoms with Gasteiger partial charge in [0.05, 0.1) is 13.5 Å². The highest BCUT2D eigenvalue weighted by Gasteiger charge is 2.18. The van der Waals surface area contributed by atoms with Gasteiger partial charge in [-0.2, -0.15) is 0 Å². The lowest BCUT2D eigenvalue weighted by Crippen LogP contribution is -2.02. The molecule has 0 aromatic heterocycles. The molecule has 0 aliphatic carbocycles. The van der Waals surface area contributed by atoms with Gasteiger partial charge in [-0.3, -0.25) is 4.79 Å². The number of aliphatic carboxylic acids is 1. The van der Waals surface area contributed by atoms with Crippen molar-refractivity contribution in [3.8, 4) is 11.5 Å². The zero-order chi connectivity index (χ0) is 11.6. The number of phenolic OH excluding ortho intramolecular Hbond substituents is 1. The Morgan fingerprint density at radius 3 is 2.73 bits per heavy atom. The zero-order valence-corrected chi connectivity index (χ0v) is 8.51. The van der Waals surface area contributed by atoms with Gasteiger partial charge in [0, 0.05) is 5.56 Å². The minimum Gasteiger partial charge on any atom is -0.506 e. The largest absolute Gasteiger partial charge is 0.506 e. The fourth-order valence-electron chi connectivity index (χ4n) is 1.13. The Labute approximate surface area is 89.9 Å². The van der Waals surface area contributed by atoms with E-state index >= 15 is 0 Å². The summed E-state index contributed by atoms with van der Waals surface area (Å²) >= 11 is 5.58. The van der Waals surface area contributed by atoms with Gasteiger partial charge in [0.2, 0.25) is 0 Å². The molecular formula is C9H8ClFO4. The van der Waals surface area contributed by atoms with Gasteiger partial charge >= 0.3 is 5.97 Å². The Bertz CT molecular complexity index is 406. The van der Waals surface area contributed by atoms with E-state index in [-0.39, 0.29) is 16.3 Å². The van der Waals surface area contributed by atoms with Crippen LogP contribution in [0.15, 0.2) is 6.07 Å². The van der Waals surface area contributed by atoms with Gasteiger partial charge in [0.25, 0.3) is 0 Å². The monoisotopic (exact) mass is 234 g/mol. The van der Waals surface area contributed by atoms with Crippen molar-refractivity contribution in [3.63, 3.8) is 0 Å². The summed E-state index contributed by atoms with van der Waals surface area (Å²) in [6.07, 6.45) is -0.507. The van der Waals surface area contributed by atoms with Crippen LogP contribution in [0.25, 0.3) is 0 Å². The van der Waals surface area contributed by atoms with Crippen LogP contribution in [0.4, 0.5) is 4.39 Å². The van der Waals surface area contributed by atoms with Crippen LogP contribution < -0.4 is 4.74 Å². The number of halogens is 2. The lowest BCUT2D eigenvalue weighted by Gasteiger charge is -2.09. The summed E-state index contributed by atoms with van der Waals surface area (Å²) in [5.41, 5.74) is -0.0919. The normalized spacial score (nSPS) is 10.1. The first-order chi connectivity index (χ1) is 6.97. The Kier molecular flexibility index (Phi) is 3.36. The Balaban J connectivity index is 3.27. The van der Waals surface area contributed by atoms with Gasteiger partial charge in [-0.25, -0.2) is 4.39 Å². The number of benzene rings is 1. The van der Waals surface area contributed by atoms with Gasteiger partial charge in [-0.15, -0.1) is 0 Å². The molecule has 0 atom stereocenters. The topological polar surface area (TPSA) is 66.8 Å². The first kappa shape index (κ1) is 11.6. The fraction of sp³-hybridized carbons (Fsp3) is 0.222. The van der Waals surface area contributed by atoms with E-state index in [2.05, 4.69) is 4.74 Å². The third-order valence-electron chi connectivity index (χ3n) is 1.78. The van der Waals surface area contributed by atoms with Gasteiger partial charge in [-0.05, 0) is 6.07 Å². The number of carboxylic acid groups (broad SMARTS) is 1. The molecule has 15 heavy (non-hydrogen) atoms. The molecule has 1 rings (SSSR count). The first-order valence-electron chi connectivity index (χ1n) is 3.93. The molecule has 0 bridgehead atoms. The van der Waals surface area contributed by atoms with Crippen molar-refractivity contribution in [2.24, 2.45) is 0 Å². The van der Waals surface area contributed by atoms with Crippen molar-refractivity contribution in [3.05, 3.63) is 22.5 Å². The van der Waals surface area contributed by atoms with Gasteiger partial charge in [0.1, 0.15) is 10.8 Å². The number of aromatic hydroxyl groups is 1. The van der Waals surface area contributed by atoms with Crippen LogP contribution in [0.1, 0.15) is 5.56 Å². The van der Waals surface area contributed by atoms with Gasteiger partial charge < -0.3 is 14.9 Å². The summed E-state index contributed by atoms with van der Waals surface area (Å²) in [6.45, 7) is 0. The maximum atomic E-state index is 13.2. The molecule has 2 N–H and O–H groups in total. The van der Waals surface area contributed by atoms with Crippen LogP contribution in [0.3, 0.4) is 0 Å². The van der Waals surface area contributed by atoms with E-state index < -0.39 is 24.0 Å². The molecule has 1 aromatic rings. The number of ether oxygens (including phenoxy) is 1. The average molecular weight is 235 g/mol. The smallest absolute Gasteiger partial charge is 0.307 e. The third-order valence-corrected chi connectivity index (χ3v) is 2.13. The molecule has 4 nitrogen and oxygen atoms in total. The van der Waals surface area contributed by atoms with E-state index in [1.54, 1.807) is 0 Å². The van der Waals surface area contributed by atoms with E-state index in [1.165, 1.54) is 7.11 Å². The maximum Gasteiger partial charge on any atom is 0.307 e. The number of carboxylic acids is 1. The Morgan fingerprint density at radius 2 is 2.27 bits per heavy atom. The Hall–Kier alpha value is -1.49. The van der Waals surface area contributed by atoms with Crippen molar-refractivity contribution in [2.75, 3.05) is 7.11 Å². The van der Waals surface area contributed by atoms with Gasteiger partial charge in [0.15, 0.2) is 11.6 Å². The van der Waals surface area contributed by atoms with Crippen LogP contribution in [-0.4, -0.2) is 23.3 Å². The first-order valence-corrected chi connectivity index (χ1v) is 4.30. The number of hydrogen-bond donors (Lipinski definition) is 2. The number of methoxy groups -OCH3 is 1. The SMILES string of the molecule is COc1c(F)cc(CC(=O)O)c(O)c1Cl. The highest BCUT2D eigenvalue weighted by molar-refractivity contribution is 6.33. The molecule has 0 radical (unpaired) electrons. The number of phenols is 1. The van der Waals surface area contributed by atoms with Crippen molar-refractivity contribution < 1.29 is 24.1 Å². The van der Waals surface area contributed by atoms with Crippen LogP contribution in [0.5, 0.6) is 11.5 Å². The Morgan fingerprint density at radius 1 is 1.67 bits per heavy atom. The molecule has 0 amide bonds. The van der Waals surface area contributed by atoms with Crippen molar-refractivity contribution in [1.29, 1.82) is 0 Å². The number of hydrogen-bond acceptors (Lipinski definition) is 3. The van der Waals surface area contributed by atoms with E-state index in [4.69, 9.17) is 16.7 Å². The van der Waals surface area contributed by atoms with Crippen molar-refractivity contribution in [1.82, 2.24) is 0 Å². The molecule has 0 aliphatic heterocycles. The second-order valence-corrected chi connectivity index (χ2v) is 3.16. The molecular weight excluding hydrogens is 227 g/mol. The van der Waals surface area contributed by atoms with E-state index in [9.17, 15) is 14.3 Å². The van der Waals surface area contributed by atoms with E-state index in [0.717, 1.165) is 6.07 Å². The van der Waals surface area contributed by atoms with Crippen molar-refractivity contribution in [2.45, 2.75) is 6.42 Å². The second kappa shape index (κ2) is 4.35. The standard InChI is InChI=1S/C9H8ClFO4/c1-15-9-5(11)2-4(3-6(12)13)8(14)7(9)10/h2,14H,3H2,1H3,(H,12,13). The highest BCUT2D eigenvalue weighted by atomic mass is 35.5. The molecule has 0 spiro atoms. The van der Waals surface area contributed by atoms with Gasteiger partial charge in [-0.1, -0.05) is 11.6 Å². The number of carbonyl (C=O) groups is 1. The predicted molar refractivity (Wildman–Crippen MR) is 51.0 cm³/mol. The highest BCUT2D eigenvalue weighted by Crippen LogP contribution is 2.38. The molecule has 82 valence electrons. The van der Waals surface area contributed by atoms with Crippen LogP contribution in [-0.2, 0) is 11.2 Å². The number of rotatable bonds is 3. The minimum absolute atomic E-state index is 0.0919. The molecule has 0 saturated carbocycles. The van der Waals surface area contributed by atoms with E-state index in [0.29, 0.717) is 0 Å². The van der Waals surface area contributed by atoms with Crippen molar-refractivity contribution >= 4 is 17.6 Å². The molecule has 0 unspecified atom stereocenters. The molecule has 6 heteroatoms. The third kappa shape index (κ3) is 2.30. The predicted octanol–water partition coefficient (Wildman–Crippen LogP) is 1.82.